The number of carbonyl (C=O) groups excluding carboxylic acids is 1. The summed E-state index contributed by atoms with van der Waals surface area (Å²) < 4.78 is 18.9. The average Bonchev–Trinajstić information content (AvgIpc) is 3.16. The molecule has 0 aliphatic carbocycles. The summed E-state index contributed by atoms with van der Waals surface area (Å²) in [5.41, 5.74) is 6.23. The molecule has 1 aromatic heterocycles. The normalized spacial score (nSPS) is 22.6. The fourth-order valence-corrected chi connectivity index (χ4v) is 4.13. The molecule has 2 N–H and O–H groups in total. The van der Waals surface area contributed by atoms with Gasteiger partial charge in [-0.2, -0.15) is 12.6 Å². The molecule has 3 rings (SSSR count). The number of primary amides is 1. The third-order valence-corrected chi connectivity index (χ3v) is 5.26. The molecule has 1 aromatic carbocycles. The predicted molar refractivity (Wildman–Crippen MR) is 92.0 cm³/mol. The fraction of sp³-hybridized carbons (Fsp3) is 0.412. The first-order valence-corrected chi connectivity index (χ1v) is 8.47. The predicted octanol–water partition coefficient (Wildman–Crippen LogP) is 2.43. The summed E-state index contributed by atoms with van der Waals surface area (Å²) in [6.45, 7) is 0.833. The number of halogens is 1. The van der Waals surface area contributed by atoms with Crippen molar-refractivity contribution in [3.05, 3.63) is 41.8 Å². The van der Waals surface area contributed by atoms with Crippen molar-refractivity contribution in [2.45, 2.75) is 18.4 Å². The maximum absolute atomic E-state index is 13.4. The molecule has 1 unspecified atom stereocenters. The van der Waals surface area contributed by atoms with Crippen molar-refractivity contribution in [2.75, 3.05) is 19.3 Å². The van der Waals surface area contributed by atoms with Crippen LogP contribution < -0.4 is 5.73 Å². The monoisotopic (exact) mass is 349 g/mol. The highest BCUT2D eigenvalue weighted by molar-refractivity contribution is 7.80. The summed E-state index contributed by atoms with van der Waals surface area (Å²) in [7, 11) is 1.95. The van der Waals surface area contributed by atoms with Gasteiger partial charge < -0.3 is 10.3 Å². The van der Waals surface area contributed by atoms with Crippen LogP contribution in [0.2, 0.25) is 0 Å². The summed E-state index contributed by atoms with van der Waals surface area (Å²) in [6, 6.07) is 7.90. The van der Waals surface area contributed by atoms with Crippen molar-refractivity contribution in [1.29, 1.82) is 0 Å². The molecule has 1 fully saturated rings. The van der Waals surface area contributed by atoms with Crippen LogP contribution >= 0.6 is 12.6 Å². The van der Waals surface area contributed by atoms with Gasteiger partial charge in [-0.1, -0.05) is 17.3 Å². The van der Waals surface area contributed by atoms with E-state index in [1.54, 1.807) is 18.2 Å². The van der Waals surface area contributed by atoms with Crippen LogP contribution in [0.1, 0.15) is 18.5 Å². The average molecular weight is 349 g/mol. The summed E-state index contributed by atoms with van der Waals surface area (Å²) in [5, 5.41) is 4.20. The van der Waals surface area contributed by atoms with Gasteiger partial charge >= 0.3 is 0 Å². The molecule has 0 radical (unpaired) electrons. The molecule has 0 bridgehead atoms. The molecule has 0 saturated carbocycles. The standard InChI is InChI=1S/C17H20FN3O2S/c1-21-7-3-6-17(21,13(10-24)16(19)22)15-9-14(23-20-15)11-4-2-5-12(18)8-11/h2,4-5,8-9,13,24H,3,6-7,10H2,1H3,(H2,19,22)/t13?,17-/m1/s1. The highest BCUT2D eigenvalue weighted by Crippen LogP contribution is 2.44. The maximum Gasteiger partial charge on any atom is 0.223 e. The van der Waals surface area contributed by atoms with Crippen molar-refractivity contribution in [3.63, 3.8) is 0 Å². The quantitative estimate of drug-likeness (QED) is 0.813. The van der Waals surface area contributed by atoms with Crippen molar-refractivity contribution >= 4 is 18.5 Å². The van der Waals surface area contributed by atoms with E-state index < -0.39 is 17.4 Å². The number of carbonyl (C=O) groups is 1. The van der Waals surface area contributed by atoms with Gasteiger partial charge in [-0.3, -0.25) is 9.69 Å². The molecule has 5 nitrogen and oxygen atoms in total. The number of likely N-dealkylation sites (tertiary alicyclic amines) is 1. The molecule has 2 heterocycles. The number of nitrogens with zero attached hydrogens (tertiary/aromatic N) is 2. The molecule has 1 aliphatic rings. The SMILES string of the molecule is CN1CCC[C@]1(c1cc(-c2cccc(F)c2)on1)C(CS)C(N)=O. The highest BCUT2D eigenvalue weighted by Gasteiger charge is 2.50. The highest BCUT2D eigenvalue weighted by atomic mass is 32.1. The van der Waals surface area contributed by atoms with Crippen LogP contribution in [-0.4, -0.2) is 35.3 Å². The Morgan fingerprint density at radius 1 is 1.54 bits per heavy atom. The van der Waals surface area contributed by atoms with Crippen molar-refractivity contribution in [2.24, 2.45) is 11.7 Å². The topological polar surface area (TPSA) is 72.4 Å². The summed E-state index contributed by atoms with van der Waals surface area (Å²) in [6.07, 6.45) is 1.67. The Labute approximate surface area is 145 Å². The van der Waals surface area contributed by atoms with Crippen LogP contribution in [-0.2, 0) is 10.3 Å². The summed E-state index contributed by atoms with van der Waals surface area (Å²) >= 11 is 4.33. The van der Waals surface area contributed by atoms with Gasteiger partial charge in [-0.25, -0.2) is 4.39 Å². The van der Waals surface area contributed by atoms with E-state index in [-0.39, 0.29) is 5.82 Å². The lowest BCUT2D eigenvalue weighted by atomic mass is 9.79. The summed E-state index contributed by atoms with van der Waals surface area (Å²) in [4.78, 5) is 14.1. The van der Waals surface area contributed by atoms with Crippen LogP contribution in [0.15, 0.2) is 34.9 Å². The van der Waals surface area contributed by atoms with Crippen molar-refractivity contribution in [3.8, 4) is 11.3 Å². The number of thiol groups is 1. The number of amides is 1. The second-order valence-electron chi connectivity index (χ2n) is 6.17. The van der Waals surface area contributed by atoms with E-state index in [1.807, 2.05) is 7.05 Å². The minimum atomic E-state index is -0.636. The zero-order valence-corrected chi connectivity index (χ0v) is 14.3. The first-order chi connectivity index (χ1) is 11.5. The van der Waals surface area contributed by atoms with Gasteiger partial charge in [0.25, 0.3) is 0 Å². The molecular weight excluding hydrogens is 329 g/mol. The van der Waals surface area contributed by atoms with E-state index >= 15 is 0 Å². The lowest BCUT2D eigenvalue weighted by molar-refractivity contribution is -0.125. The van der Waals surface area contributed by atoms with E-state index in [2.05, 4.69) is 22.7 Å². The van der Waals surface area contributed by atoms with Crippen LogP contribution in [0, 0.1) is 11.7 Å². The van der Waals surface area contributed by atoms with E-state index in [9.17, 15) is 9.18 Å². The molecule has 1 aliphatic heterocycles. The van der Waals surface area contributed by atoms with Crippen molar-refractivity contribution < 1.29 is 13.7 Å². The zero-order valence-electron chi connectivity index (χ0n) is 13.4. The number of benzene rings is 1. The molecule has 128 valence electrons. The zero-order chi connectivity index (χ0) is 17.3. The number of nitrogens with two attached hydrogens (primary N) is 1. The number of hydrogen-bond acceptors (Lipinski definition) is 5. The molecule has 24 heavy (non-hydrogen) atoms. The lowest BCUT2D eigenvalue weighted by Crippen LogP contribution is -2.51. The molecule has 2 aromatic rings. The van der Waals surface area contributed by atoms with Crippen LogP contribution in [0.4, 0.5) is 4.39 Å². The van der Waals surface area contributed by atoms with Gasteiger partial charge in [0.1, 0.15) is 11.5 Å². The Kier molecular flexibility index (Phi) is 4.64. The Hall–Kier alpha value is -1.86. The third kappa shape index (κ3) is 2.71. The molecule has 7 heteroatoms. The Morgan fingerprint density at radius 3 is 2.92 bits per heavy atom. The smallest absolute Gasteiger partial charge is 0.223 e. The van der Waals surface area contributed by atoms with E-state index in [1.165, 1.54) is 12.1 Å². The minimum Gasteiger partial charge on any atom is -0.369 e. The summed E-state index contributed by atoms with van der Waals surface area (Å²) in [5.74, 6) is -0.454. The Bertz CT molecular complexity index is 751. The van der Waals surface area contributed by atoms with Crippen molar-refractivity contribution in [1.82, 2.24) is 10.1 Å². The van der Waals surface area contributed by atoms with Crippen LogP contribution in [0.25, 0.3) is 11.3 Å². The van der Waals surface area contributed by atoms with Crippen LogP contribution in [0.3, 0.4) is 0 Å². The first-order valence-electron chi connectivity index (χ1n) is 7.83. The fourth-order valence-electron chi connectivity index (χ4n) is 3.65. The van der Waals surface area contributed by atoms with Gasteiger partial charge in [0, 0.05) is 17.4 Å². The lowest BCUT2D eigenvalue weighted by Gasteiger charge is -2.39. The number of hydrogen-bond donors (Lipinski definition) is 2. The third-order valence-electron chi connectivity index (χ3n) is 4.90. The largest absolute Gasteiger partial charge is 0.369 e. The second kappa shape index (κ2) is 6.57. The molecule has 1 amide bonds. The number of rotatable bonds is 5. The minimum absolute atomic E-state index is 0.321. The van der Waals surface area contributed by atoms with Crippen LogP contribution in [0.5, 0.6) is 0 Å². The Balaban J connectivity index is 2.06. The molecule has 0 spiro atoms. The van der Waals surface area contributed by atoms with Gasteiger partial charge in [0.2, 0.25) is 5.91 Å². The van der Waals surface area contributed by atoms with Gasteiger partial charge in [-0.05, 0) is 38.6 Å². The van der Waals surface area contributed by atoms with E-state index in [0.717, 1.165) is 19.4 Å². The van der Waals surface area contributed by atoms with Gasteiger partial charge in [0.05, 0.1) is 11.5 Å². The molecule has 2 atom stereocenters. The van der Waals surface area contributed by atoms with E-state index in [4.69, 9.17) is 10.3 Å². The molecular formula is C17H20FN3O2S. The Morgan fingerprint density at radius 2 is 2.33 bits per heavy atom. The maximum atomic E-state index is 13.4. The number of aromatic nitrogens is 1. The van der Waals surface area contributed by atoms with E-state index in [0.29, 0.717) is 22.8 Å². The molecule has 1 saturated heterocycles. The van der Waals surface area contributed by atoms with Gasteiger partial charge in [0.15, 0.2) is 5.76 Å². The van der Waals surface area contributed by atoms with Gasteiger partial charge in [-0.15, -0.1) is 0 Å². The first kappa shape index (κ1) is 17.0. The second-order valence-corrected chi connectivity index (χ2v) is 6.54.